The van der Waals surface area contributed by atoms with E-state index in [2.05, 4.69) is 26.6 Å². The minimum Gasteiger partial charge on any atom is -0.396 e. The first-order valence-electron chi connectivity index (χ1n) is 14.9. The first-order valence-corrected chi connectivity index (χ1v) is 14.9. The quantitative estimate of drug-likeness (QED) is 0.217. The number of aromatic nitrogens is 5. The molecule has 3 aromatic heterocycles. The average molecular weight is 593 g/mol. The fourth-order valence-corrected chi connectivity index (χ4v) is 6.64. The number of piperidine rings is 1. The van der Waals surface area contributed by atoms with Crippen LogP contribution in [0.25, 0.3) is 22.0 Å². The van der Waals surface area contributed by atoms with Gasteiger partial charge in [-0.3, -0.25) is 24.0 Å². The van der Waals surface area contributed by atoms with Crippen molar-refractivity contribution in [3.05, 3.63) is 83.3 Å². The lowest BCUT2D eigenvalue weighted by Crippen LogP contribution is -2.45. The van der Waals surface area contributed by atoms with E-state index in [0.717, 1.165) is 27.9 Å². The van der Waals surface area contributed by atoms with Gasteiger partial charge in [-0.15, -0.1) is 6.58 Å². The number of Topliss-reactive ketones (excluding diaryl/α,β-unsaturated/α-hetero) is 2. The van der Waals surface area contributed by atoms with Crippen molar-refractivity contribution in [1.82, 2.24) is 29.6 Å². The number of amides is 1. The molecule has 1 saturated heterocycles. The van der Waals surface area contributed by atoms with Crippen LogP contribution < -0.4 is 0 Å². The summed E-state index contributed by atoms with van der Waals surface area (Å²) in [6.07, 6.45) is 6.93. The molecule has 1 aliphatic heterocycles. The Morgan fingerprint density at radius 3 is 2.52 bits per heavy atom. The van der Waals surface area contributed by atoms with Gasteiger partial charge in [-0.05, 0) is 74.9 Å². The number of hydrogen-bond acceptors (Lipinski definition) is 8. The Morgan fingerprint density at radius 2 is 1.84 bits per heavy atom. The zero-order valence-electron chi connectivity index (χ0n) is 25.5. The maximum atomic E-state index is 14.1. The summed E-state index contributed by atoms with van der Waals surface area (Å²) < 4.78 is 1.58. The minimum atomic E-state index is -0.662. The molecule has 1 N–H and O–H groups in total. The number of aryl methyl sites for hydroxylation is 3. The third kappa shape index (κ3) is 5.13. The van der Waals surface area contributed by atoms with Crippen LogP contribution in [0.5, 0.6) is 0 Å². The first-order chi connectivity index (χ1) is 21.0. The molecule has 0 radical (unpaired) electrons. The van der Waals surface area contributed by atoms with E-state index in [-0.39, 0.29) is 48.8 Å². The van der Waals surface area contributed by atoms with Crippen LogP contribution >= 0.6 is 0 Å². The Balaban J connectivity index is 1.36. The van der Waals surface area contributed by atoms with Gasteiger partial charge in [0.2, 0.25) is 5.91 Å². The normalized spacial score (nSPS) is 20.5. The van der Waals surface area contributed by atoms with E-state index in [0.29, 0.717) is 41.7 Å². The highest BCUT2D eigenvalue weighted by atomic mass is 16.3. The summed E-state index contributed by atoms with van der Waals surface area (Å²) >= 11 is 0. The van der Waals surface area contributed by atoms with Crippen LogP contribution in [0.1, 0.15) is 58.6 Å². The van der Waals surface area contributed by atoms with Gasteiger partial charge < -0.3 is 10.0 Å². The van der Waals surface area contributed by atoms with Crippen LogP contribution in [0.4, 0.5) is 0 Å². The molecular weight excluding hydrogens is 556 g/mol. The third-order valence-electron chi connectivity index (χ3n) is 9.10. The van der Waals surface area contributed by atoms with E-state index < -0.39 is 11.5 Å². The monoisotopic (exact) mass is 592 g/mol. The minimum absolute atomic E-state index is 0.0822. The van der Waals surface area contributed by atoms with Gasteiger partial charge in [0.1, 0.15) is 18.1 Å². The van der Waals surface area contributed by atoms with E-state index >= 15 is 0 Å². The van der Waals surface area contributed by atoms with E-state index in [9.17, 15) is 19.5 Å². The number of fused-ring (bicyclic) bond motifs is 2. The van der Waals surface area contributed by atoms with Crippen molar-refractivity contribution < 1.29 is 19.5 Å². The standard InChI is InChI=1S/C34H36N6O4/c1-6-7-23-10-24(25-15-35-22(5)36-16-25)11-26-32(21(4)42)38-39(33(23)26)17-31(44)40-28(13-34(18-41)14-30(34)40)29(43)12-27-19(2)8-9-20(3)37-27/h6,8-11,15-16,28,30,41H,1,7,12-14,17-18H2,2-5H3/t28-,30+,34-/m0/s1. The zero-order valence-corrected chi connectivity index (χ0v) is 25.5. The van der Waals surface area contributed by atoms with E-state index in [1.54, 1.807) is 28.1 Å². The molecule has 0 spiro atoms. The maximum Gasteiger partial charge on any atom is 0.245 e. The highest BCUT2D eigenvalue weighted by molar-refractivity contribution is 6.07. The number of allylic oxidation sites excluding steroid dienone is 1. The number of hydrogen-bond donors (Lipinski definition) is 1. The van der Waals surface area contributed by atoms with Crippen molar-refractivity contribution in [2.24, 2.45) is 5.41 Å². The number of carbonyl (C=O) groups is 3. The highest BCUT2D eigenvalue weighted by Crippen LogP contribution is 2.59. The van der Waals surface area contributed by atoms with Crippen LogP contribution in [0, 0.1) is 26.2 Å². The summed E-state index contributed by atoms with van der Waals surface area (Å²) in [5.41, 5.74) is 5.42. The summed E-state index contributed by atoms with van der Waals surface area (Å²) in [6, 6.07) is 6.86. The molecule has 10 heteroatoms. The Bertz CT molecular complexity index is 1830. The topological polar surface area (TPSA) is 131 Å². The summed E-state index contributed by atoms with van der Waals surface area (Å²) in [7, 11) is 0. The molecule has 2 aliphatic rings. The molecule has 6 rings (SSSR count). The van der Waals surface area contributed by atoms with E-state index in [1.165, 1.54) is 6.92 Å². The Labute approximate surface area is 255 Å². The Morgan fingerprint density at radius 1 is 1.09 bits per heavy atom. The Hall–Kier alpha value is -4.57. The molecule has 4 heterocycles. The largest absolute Gasteiger partial charge is 0.396 e. The first kappa shape index (κ1) is 29.5. The Kier molecular flexibility index (Phi) is 7.49. The van der Waals surface area contributed by atoms with Crippen molar-refractivity contribution in [3.8, 4) is 11.1 Å². The number of ketones is 2. The van der Waals surface area contributed by atoms with Crippen molar-refractivity contribution in [1.29, 1.82) is 0 Å². The summed E-state index contributed by atoms with van der Waals surface area (Å²) in [5.74, 6) is 0.0725. The van der Waals surface area contributed by atoms with Crippen LogP contribution in [0.2, 0.25) is 0 Å². The number of aliphatic hydroxyl groups is 1. The van der Waals surface area contributed by atoms with Crippen molar-refractivity contribution in [2.75, 3.05) is 6.61 Å². The van der Waals surface area contributed by atoms with Gasteiger partial charge in [0.05, 0.1) is 30.3 Å². The molecule has 4 aromatic rings. The van der Waals surface area contributed by atoms with Crippen molar-refractivity contribution >= 4 is 28.4 Å². The van der Waals surface area contributed by atoms with Crippen LogP contribution in [-0.4, -0.2) is 70.9 Å². The van der Waals surface area contributed by atoms with Crippen molar-refractivity contribution in [3.63, 3.8) is 0 Å². The average Bonchev–Trinajstić information content (AvgIpc) is 3.42. The molecule has 226 valence electrons. The highest BCUT2D eigenvalue weighted by Gasteiger charge is 2.66. The van der Waals surface area contributed by atoms with Gasteiger partial charge in [0.15, 0.2) is 11.6 Å². The lowest BCUT2D eigenvalue weighted by molar-refractivity contribution is -0.139. The van der Waals surface area contributed by atoms with Gasteiger partial charge in [0.25, 0.3) is 0 Å². The maximum absolute atomic E-state index is 14.1. The summed E-state index contributed by atoms with van der Waals surface area (Å²) in [5, 5.41) is 15.5. The number of carbonyl (C=O) groups excluding carboxylic acids is 3. The fourth-order valence-electron chi connectivity index (χ4n) is 6.64. The van der Waals surface area contributed by atoms with Crippen molar-refractivity contribution in [2.45, 2.75) is 72.0 Å². The lowest BCUT2D eigenvalue weighted by Gasteiger charge is -2.27. The van der Waals surface area contributed by atoms with Gasteiger partial charge in [0, 0.05) is 47.4 Å². The van der Waals surface area contributed by atoms with E-state index in [1.807, 2.05) is 45.0 Å². The second kappa shape index (κ2) is 11.2. The molecular formula is C34H36N6O4. The number of likely N-dealkylation sites (tertiary alicyclic amines) is 1. The molecule has 1 saturated carbocycles. The number of pyridine rings is 1. The third-order valence-corrected chi connectivity index (χ3v) is 9.10. The summed E-state index contributed by atoms with van der Waals surface area (Å²) in [4.78, 5) is 55.5. The predicted molar refractivity (Wildman–Crippen MR) is 165 cm³/mol. The summed E-state index contributed by atoms with van der Waals surface area (Å²) in [6.45, 7) is 10.8. The molecule has 0 bridgehead atoms. The van der Waals surface area contributed by atoms with E-state index in [4.69, 9.17) is 0 Å². The molecule has 0 unspecified atom stereocenters. The smallest absolute Gasteiger partial charge is 0.245 e. The van der Waals surface area contributed by atoms with Gasteiger partial charge in [-0.25, -0.2) is 9.97 Å². The SMILES string of the molecule is C=CCc1cc(-c2cnc(C)nc2)cc2c(C(C)=O)nn(CC(=O)N3[C@H](C(=O)Cc4nc(C)ccc4C)C[C@@]4(CO)C[C@@H]34)c12. The van der Waals surface area contributed by atoms with Gasteiger partial charge in [-0.2, -0.15) is 5.10 Å². The van der Waals surface area contributed by atoms with Crippen LogP contribution in [0.3, 0.4) is 0 Å². The number of benzene rings is 1. The van der Waals surface area contributed by atoms with Gasteiger partial charge in [-0.1, -0.05) is 12.1 Å². The molecule has 1 aliphatic carbocycles. The van der Waals surface area contributed by atoms with Crippen LogP contribution in [0.15, 0.2) is 49.3 Å². The lowest BCUT2D eigenvalue weighted by atomic mass is 9.95. The molecule has 2 fully saturated rings. The molecule has 1 amide bonds. The second-order valence-corrected chi connectivity index (χ2v) is 12.2. The van der Waals surface area contributed by atoms with Crippen LogP contribution in [-0.2, 0) is 29.0 Å². The number of rotatable bonds is 10. The molecule has 1 aromatic carbocycles. The number of nitrogens with zero attached hydrogens (tertiary/aromatic N) is 6. The molecule has 44 heavy (non-hydrogen) atoms. The van der Waals surface area contributed by atoms with Gasteiger partial charge >= 0.3 is 0 Å². The fraction of sp³-hybridized carbons (Fsp3) is 0.382. The zero-order chi connectivity index (χ0) is 31.3. The predicted octanol–water partition coefficient (Wildman–Crippen LogP) is 3.91. The molecule has 3 atom stereocenters. The number of aliphatic hydroxyl groups excluding tert-OH is 1. The second-order valence-electron chi connectivity index (χ2n) is 12.2. The molecule has 10 nitrogen and oxygen atoms in total.